The van der Waals surface area contributed by atoms with E-state index in [1.807, 2.05) is 48.3 Å². The second kappa shape index (κ2) is 12.3. The summed E-state index contributed by atoms with van der Waals surface area (Å²) in [6, 6.07) is 9.79. The molecule has 3 N–H and O–H groups in total. The molecule has 2 aliphatic rings. The first-order chi connectivity index (χ1) is 16.1. The van der Waals surface area contributed by atoms with Gasteiger partial charge >= 0.3 is 5.97 Å². The van der Waals surface area contributed by atoms with E-state index in [0.717, 1.165) is 23.5 Å². The lowest BCUT2D eigenvalue weighted by atomic mass is 10.0. The molecule has 0 saturated heterocycles. The molecule has 9 heteroatoms. The topological polar surface area (TPSA) is 113 Å². The average Bonchev–Trinajstić information content (AvgIpc) is 3.31. The van der Waals surface area contributed by atoms with Crippen molar-refractivity contribution in [1.82, 2.24) is 30.2 Å². The summed E-state index contributed by atoms with van der Waals surface area (Å²) in [5, 5.41) is 12.6. The number of hydrazine groups is 1. The van der Waals surface area contributed by atoms with Gasteiger partial charge in [0.25, 0.3) is 0 Å². The van der Waals surface area contributed by atoms with Crippen molar-refractivity contribution in [3.05, 3.63) is 59.7 Å². The quantitative estimate of drug-likeness (QED) is 0.353. The smallest absolute Gasteiger partial charge is 0.341 e. The van der Waals surface area contributed by atoms with Gasteiger partial charge in [-0.15, -0.1) is 5.10 Å². The molecule has 3 aromatic rings. The molecule has 2 unspecified atom stereocenters. The number of hydrogen-bond acceptors (Lipinski definition) is 7. The Morgan fingerprint density at radius 1 is 1.09 bits per heavy atom. The number of nitrogens with two attached hydrogens (primary N) is 1. The Hall–Kier alpha value is -3.04. The first-order valence-electron chi connectivity index (χ1n) is 11.6. The van der Waals surface area contributed by atoms with Gasteiger partial charge in [-0.1, -0.05) is 61.9 Å². The van der Waals surface area contributed by atoms with Crippen molar-refractivity contribution in [3.8, 4) is 5.69 Å². The standard InChI is InChI=1S/C17H17N5O2.C6H12.CH6N2/c1-21-10-15(19-20-21)12-8-13(12)16-14(17(23)24-2)9-18-22(16)11-6-4-3-5-7-11;1-2-4-6-5-3-1;1-3-2/h3-7,9-10,12-13H,8H2,1-2H3;1-6H2;3H,2H2,1H3. The van der Waals surface area contributed by atoms with Crippen LogP contribution in [0.1, 0.15) is 78.5 Å². The third-order valence-electron chi connectivity index (χ3n) is 5.85. The van der Waals surface area contributed by atoms with Crippen molar-refractivity contribution < 1.29 is 9.53 Å². The molecule has 33 heavy (non-hydrogen) atoms. The summed E-state index contributed by atoms with van der Waals surface area (Å²) in [6.45, 7) is 0. The summed E-state index contributed by atoms with van der Waals surface area (Å²) in [5.41, 5.74) is 5.51. The van der Waals surface area contributed by atoms with Gasteiger partial charge < -0.3 is 4.74 Å². The Morgan fingerprint density at radius 2 is 1.70 bits per heavy atom. The van der Waals surface area contributed by atoms with E-state index in [9.17, 15) is 4.79 Å². The third-order valence-corrected chi connectivity index (χ3v) is 5.85. The molecule has 2 saturated carbocycles. The fourth-order valence-corrected chi connectivity index (χ4v) is 4.18. The predicted octanol–water partition coefficient (Wildman–Crippen LogP) is 3.48. The van der Waals surface area contributed by atoms with Gasteiger partial charge in [0.1, 0.15) is 5.56 Å². The summed E-state index contributed by atoms with van der Waals surface area (Å²) < 4.78 is 8.45. The Kier molecular flexibility index (Phi) is 9.14. The highest BCUT2D eigenvalue weighted by Gasteiger charge is 2.46. The van der Waals surface area contributed by atoms with E-state index in [2.05, 4.69) is 26.7 Å². The molecule has 178 valence electrons. The number of ether oxygens (including phenoxy) is 1. The van der Waals surface area contributed by atoms with Gasteiger partial charge in [0, 0.05) is 25.1 Å². The normalized spacial score (nSPS) is 18.9. The van der Waals surface area contributed by atoms with E-state index in [4.69, 9.17) is 4.74 Å². The molecular formula is C24H35N7O2. The Morgan fingerprint density at radius 3 is 2.21 bits per heavy atom. The molecule has 0 bridgehead atoms. The van der Waals surface area contributed by atoms with Gasteiger partial charge in [-0.25, -0.2) is 9.48 Å². The number of methoxy groups -OCH3 is 1. The van der Waals surface area contributed by atoms with Crippen LogP contribution >= 0.6 is 0 Å². The molecule has 2 aliphatic carbocycles. The van der Waals surface area contributed by atoms with E-state index in [1.54, 1.807) is 17.9 Å². The summed E-state index contributed by atoms with van der Waals surface area (Å²) >= 11 is 0. The Bertz CT molecular complexity index is 984. The van der Waals surface area contributed by atoms with Crippen LogP contribution in [0.25, 0.3) is 5.69 Å². The highest BCUT2D eigenvalue weighted by molar-refractivity contribution is 5.91. The summed E-state index contributed by atoms with van der Waals surface area (Å²) in [4.78, 5) is 12.2. The molecule has 2 aromatic heterocycles. The van der Waals surface area contributed by atoms with Crippen molar-refractivity contribution in [2.75, 3.05) is 14.2 Å². The highest BCUT2D eigenvalue weighted by Crippen LogP contribution is 2.55. The summed E-state index contributed by atoms with van der Waals surface area (Å²) in [6.07, 6.45) is 13.4. The molecule has 9 nitrogen and oxygen atoms in total. The second-order valence-corrected chi connectivity index (χ2v) is 8.36. The minimum Gasteiger partial charge on any atom is -0.465 e. The molecule has 1 aromatic carbocycles. The number of hydrogen-bond donors (Lipinski definition) is 2. The number of aromatic nitrogens is 5. The number of benzene rings is 1. The first-order valence-corrected chi connectivity index (χ1v) is 11.6. The molecular weight excluding hydrogens is 418 g/mol. The minimum atomic E-state index is -0.364. The van der Waals surface area contributed by atoms with Gasteiger partial charge in [0.05, 0.1) is 30.4 Å². The zero-order valence-electron chi connectivity index (χ0n) is 19.8. The van der Waals surface area contributed by atoms with Crippen LogP contribution in [-0.4, -0.2) is 44.9 Å². The van der Waals surface area contributed by atoms with E-state index < -0.39 is 0 Å². The maximum absolute atomic E-state index is 12.2. The summed E-state index contributed by atoms with van der Waals surface area (Å²) in [5.74, 6) is 4.66. The molecule has 2 fully saturated rings. The second-order valence-electron chi connectivity index (χ2n) is 8.36. The number of nitrogens with zero attached hydrogens (tertiary/aromatic N) is 5. The van der Waals surface area contributed by atoms with Gasteiger partial charge in [-0.3, -0.25) is 16.0 Å². The fraction of sp³-hybridized carbons (Fsp3) is 0.500. The molecule has 5 rings (SSSR count). The molecule has 2 heterocycles. The van der Waals surface area contributed by atoms with Crippen LogP contribution in [0.15, 0.2) is 42.7 Å². The predicted molar refractivity (Wildman–Crippen MR) is 127 cm³/mol. The molecule has 0 amide bonds. The van der Waals surface area contributed by atoms with E-state index in [1.165, 1.54) is 45.6 Å². The number of rotatable bonds is 4. The maximum Gasteiger partial charge on any atom is 0.341 e. The van der Waals surface area contributed by atoms with Crippen LogP contribution in [0.4, 0.5) is 0 Å². The van der Waals surface area contributed by atoms with Crippen molar-refractivity contribution >= 4 is 5.97 Å². The van der Waals surface area contributed by atoms with Crippen LogP contribution in [0.5, 0.6) is 0 Å². The van der Waals surface area contributed by atoms with Crippen LogP contribution in [0, 0.1) is 0 Å². The number of esters is 1. The van der Waals surface area contributed by atoms with Crippen molar-refractivity contribution in [1.29, 1.82) is 0 Å². The Labute approximate surface area is 195 Å². The van der Waals surface area contributed by atoms with E-state index in [0.29, 0.717) is 5.56 Å². The van der Waals surface area contributed by atoms with Crippen molar-refractivity contribution in [2.24, 2.45) is 12.9 Å². The largest absolute Gasteiger partial charge is 0.465 e. The number of aryl methyl sites for hydroxylation is 1. The lowest BCUT2D eigenvalue weighted by Gasteiger charge is -2.08. The number of nitrogens with one attached hydrogen (secondary N) is 1. The third kappa shape index (κ3) is 6.49. The van der Waals surface area contributed by atoms with Crippen molar-refractivity contribution in [2.45, 2.75) is 56.8 Å². The zero-order chi connectivity index (χ0) is 23.6. The molecule has 0 spiro atoms. The Balaban J connectivity index is 0.000000288. The van der Waals surface area contributed by atoms with Gasteiger partial charge in [0.15, 0.2) is 0 Å². The monoisotopic (exact) mass is 453 g/mol. The number of para-hydroxylation sites is 1. The minimum absolute atomic E-state index is 0.179. The zero-order valence-corrected chi connectivity index (χ0v) is 19.8. The number of carbonyl (C=O) groups excluding carboxylic acids is 1. The van der Waals surface area contributed by atoms with Crippen LogP contribution in [0.3, 0.4) is 0 Å². The molecule has 0 radical (unpaired) electrons. The van der Waals surface area contributed by atoms with Gasteiger partial charge in [-0.2, -0.15) is 5.10 Å². The average molecular weight is 454 g/mol. The fourth-order valence-electron chi connectivity index (χ4n) is 4.18. The van der Waals surface area contributed by atoms with Crippen LogP contribution in [-0.2, 0) is 11.8 Å². The molecule has 0 aliphatic heterocycles. The number of carbonyl (C=O) groups is 1. The summed E-state index contributed by atoms with van der Waals surface area (Å²) in [7, 11) is 4.89. The SMILES string of the molecule is C1CCCCC1.CNN.COC(=O)c1cnn(-c2ccccc2)c1C1CC1c1cn(C)nn1. The van der Waals surface area contributed by atoms with Gasteiger partial charge in [-0.05, 0) is 25.6 Å². The highest BCUT2D eigenvalue weighted by atomic mass is 16.5. The first kappa shape index (κ1) is 24.6. The van der Waals surface area contributed by atoms with Crippen LogP contribution in [0.2, 0.25) is 0 Å². The van der Waals surface area contributed by atoms with E-state index >= 15 is 0 Å². The lowest BCUT2D eigenvalue weighted by Crippen LogP contribution is -2.13. The maximum atomic E-state index is 12.2. The van der Waals surface area contributed by atoms with Gasteiger partial charge in [0.2, 0.25) is 0 Å². The van der Waals surface area contributed by atoms with Crippen LogP contribution < -0.4 is 11.3 Å². The lowest BCUT2D eigenvalue weighted by molar-refractivity contribution is 0.0599. The van der Waals surface area contributed by atoms with Crippen molar-refractivity contribution in [3.63, 3.8) is 0 Å². The van der Waals surface area contributed by atoms with E-state index in [-0.39, 0.29) is 17.8 Å². The molecule has 2 atom stereocenters.